The van der Waals surface area contributed by atoms with Crippen LogP contribution in [0.3, 0.4) is 0 Å². The van der Waals surface area contributed by atoms with E-state index in [-0.39, 0.29) is 11.8 Å². The highest BCUT2D eigenvalue weighted by Crippen LogP contribution is 2.35. The van der Waals surface area contributed by atoms with Crippen molar-refractivity contribution < 1.29 is 18.0 Å². The van der Waals surface area contributed by atoms with Gasteiger partial charge in [-0.25, -0.2) is 8.42 Å². The van der Waals surface area contributed by atoms with Crippen LogP contribution in [0.1, 0.15) is 66.5 Å². The molecule has 0 aromatic heterocycles. The van der Waals surface area contributed by atoms with Crippen LogP contribution >= 0.6 is 0 Å². The summed E-state index contributed by atoms with van der Waals surface area (Å²) in [5.74, 6) is -0.309. The van der Waals surface area contributed by atoms with Crippen LogP contribution in [0.2, 0.25) is 0 Å². The lowest BCUT2D eigenvalue weighted by Crippen LogP contribution is -2.45. The van der Waals surface area contributed by atoms with Crippen LogP contribution in [-0.2, 0) is 26.0 Å². The van der Waals surface area contributed by atoms with Crippen LogP contribution in [0.15, 0.2) is 30.3 Å². The number of rotatable bonds is 8. The Morgan fingerprint density at radius 1 is 1.06 bits per heavy atom. The van der Waals surface area contributed by atoms with Gasteiger partial charge < -0.3 is 10.2 Å². The lowest BCUT2D eigenvalue weighted by atomic mass is 9.91. The number of aryl methyl sites for hydroxylation is 2. The van der Waals surface area contributed by atoms with Crippen LogP contribution in [0.5, 0.6) is 0 Å². The number of fused-ring (bicyclic) bond motifs is 1. The fourth-order valence-corrected chi connectivity index (χ4v) is 5.38. The van der Waals surface area contributed by atoms with Gasteiger partial charge in [0.25, 0.3) is 5.91 Å². The molecule has 2 aromatic rings. The van der Waals surface area contributed by atoms with Crippen molar-refractivity contribution in [1.29, 1.82) is 0 Å². The minimum Gasteiger partial charge on any atom is -0.326 e. The maximum Gasteiger partial charge on any atom is 0.251 e. The molecule has 1 aliphatic heterocycles. The molecule has 1 atom stereocenters. The number of sulfonamides is 1. The third-order valence-electron chi connectivity index (χ3n) is 6.35. The van der Waals surface area contributed by atoms with E-state index in [0.717, 1.165) is 47.8 Å². The van der Waals surface area contributed by atoms with Crippen LogP contribution in [0.4, 0.5) is 11.4 Å². The van der Waals surface area contributed by atoms with Gasteiger partial charge in [-0.2, -0.15) is 0 Å². The molecule has 0 spiro atoms. The van der Waals surface area contributed by atoms with Crippen molar-refractivity contribution in [3.63, 3.8) is 0 Å². The lowest BCUT2D eigenvalue weighted by molar-refractivity contribution is -0.139. The van der Waals surface area contributed by atoms with Gasteiger partial charge in [-0.05, 0) is 61.4 Å². The van der Waals surface area contributed by atoms with E-state index in [4.69, 9.17) is 0 Å². The molecule has 184 valence electrons. The van der Waals surface area contributed by atoms with Gasteiger partial charge in [0, 0.05) is 18.7 Å². The number of hydrogen-bond donors (Lipinski definition) is 2. The van der Waals surface area contributed by atoms with E-state index < -0.39 is 16.1 Å². The summed E-state index contributed by atoms with van der Waals surface area (Å²) in [6, 6.07) is 8.87. The van der Waals surface area contributed by atoms with E-state index in [0.29, 0.717) is 36.3 Å². The first kappa shape index (κ1) is 25.7. The van der Waals surface area contributed by atoms with E-state index in [1.807, 2.05) is 44.2 Å². The zero-order valence-corrected chi connectivity index (χ0v) is 21.5. The third kappa shape index (κ3) is 5.78. The fourth-order valence-electron chi connectivity index (χ4n) is 4.70. The second-order valence-electron chi connectivity index (χ2n) is 9.14. The molecular weight excluding hydrogens is 450 g/mol. The van der Waals surface area contributed by atoms with Gasteiger partial charge in [0.15, 0.2) is 0 Å². The Kier molecular flexibility index (Phi) is 8.02. The Morgan fingerprint density at radius 3 is 2.41 bits per heavy atom. The standard InChI is InChI=1S/C26H35N3O4S/c1-6-7-8-13-22(30)29-15-14-20-11-9-10-12-21(20)25(29)26(31)27-23-17(2)16-18(3)24(19(23)4)28-34(5,32)33/h9-12,16,25,28H,6-8,13-15H2,1-5H3,(H,27,31). The van der Waals surface area contributed by atoms with Crippen LogP contribution in [0.25, 0.3) is 0 Å². The van der Waals surface area contributed by atoms with E-state index in [1.54, 1.807) is 11.8 Å². The maximum atomic E-state index is 13.7. The Morgan fingerprint density at radius 2 is 1.74 bits per heavy atom. The molecule has 2 amide bonds. The average molecular weight is 486 g/mol. The molecule has 1 heterocycles. The summed E-state index contributed by atoms with van der Waals surface area (Å²) in [5.41, 5.74) is 5.16. The number of carbonyl (C=O) groups is 2. The average Bonchev–Trinajstić information content (AvgIpc) is 2.78. The fraction of sp³-hybridized carbons (Fsp3) is 0.462. The van der Waals surface area contributed by atoms with Crippen molar-refractivity contribution in [3.05, 3.63) is 58.1 Å². The maximum absolute atomic E-state index is 13.7. The van der Waals surface area contributed by atoms with Crippen molar-refractivity contribution in [1.82, 2.24) is 4.90 Å². The largest absolute Gasteiger partial charge is 0.326 e. The van der Waals surface area contributed by atoms with Crippen molar-refractivity contribution in [2.75, 3.05) is 22.8 Å². The minimum absolute atomic E-state index is 0.0140. The molecule has 0 bridgehead atoms. The first-order valence-corrected chi connectivity index (χ1v) is 13.7. The molecule has 0 aliphatic carbocycles. The van der Waals surface area contributed by atoms with Crippen molar-refractivity contribution in [3.8, 4) is 0 Å². The molecule has 1 aliphatic rings. The van der Waals surface area contributed by atoms with E-state index in [2.05, 4.69) is 17.0 Å². The highest BCUT2D eigenvalue weighted by molar-refractivity contribution is 7.92. The van der Waals surface area contributed by atoms with E-state index in [1.165, 1.54) is 0 Å². The number of nitrogens with zero attached hydrogens (tertiary/aromatic N) is 1. The SMILES string of the molecule is CCCCCC(=O)N1CCc2ccccc2C1C(=O)Nc1c(C)cc(C)c(NS(C)(=O)=O)c1C. The van der Waals surface area contributed by atoms with Gasteiger partial charge in [0.2, 0.25) is 15.9 Å². The monoisotopic (exact) mass is 485 g/mol. The number of amides is 2. The number of carbonyl (C=O) groups excluding carboxylic acids is 2. The zero-order chi connectivity index (χ0) is 25.0. The van der Waals surface area contributed by atoms with Gasteiger partial charge in [-0.3, -0.25) is 14.3 Å². The van der Waals surface area contributed by atoms with Gasteiger partial charge in [-0.15, -0.1) is 0 Å². The predicted octanol–water partition coefficient (Wildman–Crippen LogP) is 4.63. The molecule has 2 N–H and O–H groups in total. The van der Waals surface area contributed by atoms with Gasteiger partial charge in [-0.1, -0.05) is 50.1 Å². The van der Waals surface area contributed by atoms with Crippen molar-refractivity contribution in [2.24, 2.45) is 0 Å². The van der Waals surface area contributed by atoms with Crippen molar-refractivity contribution >= 4 is 33.2 Å². The highest BCUT2D eigenvalue weighted by atomic mass is 32.2. The predicted molar refractivity (Wildman–Crippen MR) is 136 cm³/mol. The minimum atomic E-state index is -3.49. The first-order chi connectivity index (χ1) is 16.0. The Bertz CT molecular complexity index is 1190. The molecule has 1 unspecified atom stereocenters. The normalized spacial score (nSPS) is 15.6. The number of anilines is 2. The molecule has 2 aromatic carbocycles. The molecule has 7 nitrogen and oxygen atoms in total. The Labute approximate surface area is 203 Å². The summed E-state index contributed by atoms with van der Waals surface area (Å²) >= 11 is 0. The molecule has 8 heteroatoms. The van der Waals surface area contributed by atoms with Crippen LogP contribution < -0.4 is 10.0 Å². The smallest absolute Gasteiger partial charge is 0.251 e. The lowest BCUT2D eigenvalue weighted by Gasteiger charge is -2.36. The van der Waals surface area contributed by atoms with E-state index >= 15 is 0 Å². The summed E-state index contributed by atoms with van der Waals surface area (Å²) in [5, 5.41) is 3.03. The van der Waals surface area contributed by atoms with Crippen molar-refractivity contribution in [2.45, 2.75) is 65.8 Å². The van der Waals surface area contributed by atoms with E-state index in [9.17, 15) is 18.0 Å². The van der Waals surface area contributed by atoms with Crippen LogP contribution in [0, 0.1) is 20.8 Å². The molecule has 0 saturated heterocycles. The van der Waals surface area contributed by atoms with Crippen LogP contribution in [-0.4, -0.2) is 37.9 Å². The molecule has 3 rings (SSSR count). The summed E-state index contributed by atoms with van der Waals surface area (Å²) in [6.45, 7) is 8.07. The second kappa shape index (κ2) is 10.6. The Hall–Kier alpha value is -2.87. The van der Waals surface area contributed by atoms with Gasteiger partial charge in [0.1, 0.15) is 6.04 Å². The number of hydrogen-bond acceptors (Lipinski definition) is 4. The summed E-state index contributed by atoms with van der Waals surface area (Å²) in [4.78, 5) is 28.5. The summed E-state index contributed by atoms with van der Waals surface area (Å²) in [7, 11) is -3.49. The zero-order valence-electron chi connectivity index (χ0n) is 20.7. The molecule has 0 saturated carbocycles. The second-order valence-corrected chi connectivity index (χ2v) is 10.9. The molecule has 34 heavy (non-hydrogen) atoms. The van der Waals surface area contributed by atoms with Gasteiger partial charge in [0.05, 0.1) is 11.9 Å². The quantitative estimate of drug-likeness (QED) is 0.533. The topological polar surface area (TPSA) is 95.6 Å². The number of nitrogens with one attached hydrogen (secondary N) is 2. The molecule has 0 radical (unpaired) electrons. The molecular formula is C26H35N3O4S. The summed E-state index contributed by atoms with van der Waals surface area (Å²) < 4.78 is 26.3. The van der Waals surface area contributed by atoms with Gasteiger partial charge >= 0.3 is 0 Å². The number of benzene rings is 2. The third-order valence-corrected chi connectivity index (χ3v) is 6.93. The molecule has 0 fully saturated rings. The Balaban J connectivity index is 1.98. The highest BCUT2D eigenvalue weighted by Gasteiger charge is 2.36. The summed E-state index contributed by atoms with van der Waals surface area (Å²) in [6.07, 6.45) is 5.04. The number of unbranched alkanes of at least 4 members (excludes halogenated alkanes) is 2. The first-order valence-electron chi connectivity index (χ1n) is 11.8.